The lowest BCUT2D eigenvalue weighted by Gasteiger charge is -2.34. The normalized spacial score (nSPS) is 26.6. The third kappa shape index (κ3) is 8.30. The molecule has 8 heteroatoms. The van der Waals surface area contributed by atoms with Gasteiger partial charge in [0.05, 0.1) is 19.8 Å². The van der Waals surface area contributed by atoms with Gasteiger partial charge in [-0.05, 0) is 31.1 Å². The van der Waals surface area contributed by atoms with Crippen molar-refractivity contribution in [2.24, 2.45) is 16.8 Å². The maximum Gasteiger partial charge on any atom is 0.191 e. The van der Waals surface area contributed by atoms with Crippen molar-refractivity contribution in [3.8, 4) is 0 Å². The van der Waals surface area contributed by atoms with Gasteiger partial charge in [0, 0.05) is 65.5 Å². The van der Waals surface area contributed by atoms with Gasteiger partial charge in [0.15, 0.2) is 5.96 Å². The van der Waals surface area contributed by atoms with Crippen LogP contribution in [-0.2, 0) is 9.47 Å². The molecule has 2 unspecified atom stereocenters. The highest BCUT2D eigenvalue weighted by Crippen LogP contribution is 2.17. The summed E-state index contributed by atoms with van der Waals surface area (Å²) in [7, 11) is 1.87. The molecule has 3 rings (SSSR count). The molecule has 3 fully saturated rings. The summed E-state index contributed by atoms with van der Waals surface area (Å²) in [5, 5.41) is 7.16. The average molecular weight is 509 g/mol. The van der Waals surface area contributed by atoms with Crippen LogP contribution in [0.3, 0.4) is 0 Å². The first-order chi connectivity index (χ1) is 13.2. The summed E-state index contributed by atoms with van der Waals surface area (Å²) in [6.45, 7) is 13.7. The Kier molecular flexibility index (Phi) is 11.4. The molecular weight excluding hydrogens is 469 g/mol. The fourth-order valence-corrected chi connectivity index (χ4v) is 4.30. The molecule has 0 spiro atoms. The van der Waals surface area contributed by atoms with Crippen molar-refractivity contribution in [1.29, 1.82) is 0 Å². The molecule has 2 N–H and O–H groups in total. The molecule has 0 aromatic carbocycles. The zero-order valence-electron chi connectivity index (χ0n) is 17.7. The molecule has 0 saturated carbocycles. The van der Waals surface area contributed by atoms with Crippen molar-refractivity contribution in [2.75, 3.05) is 79.3 Å². The highest BCUT2D eigenvalue weighted by molar-refractivity contribution is 14.0. The molecule has 3 aliphatic heterocycles. The smallest absolute Gasteiger partial charge is 0.191 e. The second-order valence-electron chi connectivity index (χ2n) is 8.42. The van der Waals surface area contributed by atoms with Crippen LogP contribution in [0.5, 0.6) is 0 Å². The van der Waals surface area contributed by atoms with Gasteiger partial charge < -0.3 is 25.0 Å². The maximum atomic E-state index is 5.51. The minimum Gasteiger partial charge on any atom is -0.381 e. The van der Waals surface area contributed by atoms with Crippen molar-refractivity contribution < 1.29 is 9.47 Å². The molecule has 3 heterocycles. The van der Waals surface area contributed by atoms with Gasteiger partial charge in [0.25, 0.3) is 0 Å². The number of guanidine groups is 1. The summed E-state index contributed by atoms with van der Waals surface area (Å²) in [6, 6.07) is 0.529. The molecule has 0 aliphatic carbocycles. The molecular formula is C20H40IN5O2. The van der Waals surface area contributed by atoms with E-state index in [1.54, 1.807) is 0 Å². The number of nitrogens with one attached hydrogen (secondary N) is 2. The van der Waals surface area contributed by atoms with Gasteiger partial charge in [-0.3, -0.25) is 9.89 Å². The van der Waals surface area contributed by atoms with Crippen LogP contribution in [0.15, 0.2) is 4.99 Å². The van der Waals surface area contributed by atoms with Crippen LogP contribution in [0.25, 0.3) is 0 Å². The molecule has 0 aromatic heterocycles. The first-order valence-corrected chi connectivity index (χ1v) is 10.8. The van der Waals surface area contributed by atoms with Crippen molar-refractivity contribution in [3.05, 3.63) is 0 Å². The topological polar surface area (TPSA) is 61.4 Å². The van der Waals surface area contributed by atoms with E-state index in [1.807, 2.05) is 7.05 Å². The summed E-state index contributed by atoms with van der Waals surface area (Å²) in [5.74, 6) is 2.29. The second-order valence-corrected chi connectivity index (χ2v) is 8.42. The van der Waals surface area contributed by atoms with Crippen LogP contribution < -0.4 is 10.6 Å². The molecule has 164 valence electrons. The lowest BCUT2D eigenvalue weighted by Crippen LogP contribution is -2.50. The largest absolute Gasteiger partial charge is 0.381 e. The van der Waals surface area contributed by atoms with Crippen molar-refractivity contribution in [2.45, 2.75) is 32.2 Å². The Morgan fingerprint density at radius 1 is 1.04 bits per heavy atom. The summed E-state index contributed by atoms with van der Waals surface area (Å²) in [6.07, 6.45) is 3.62. The minimum atomic E-state index is 0. The predicted octanol–water partition coefficient (Wildman–Crippen LogP) is 1.24. The zero-order chi connectivity index (χ0) is 18.9. The fourth-order valence-electron chi connectivity index (χ4n) is 4.30. The summed E-state index contributed by atoms with van der Waals surface area (Å²) in [5.41, 5.74) is 0. The minimum absolute atomic E-state index is 0. The number of hydrogen-bond donors (Lipinski definition) is 2. The number of rotatable bonds is 7. The number of aliphatic imine (C=N–C) groups is 1. The van der Waals surface area contributed by atoms with E-state index in [0.717, 1.165) is 64.5 Å². The molecule has 0 amide bonds. The van der Waals surface area contributed by atoms with Crippen LogP contribution in [0, 0.1) is 11.8 Å². The quantitative estimate of drug-likeness (QED) is 0.306. The van der Waals surface area contributed by atoms with E-state index < -0.39 is 0 Å². The van der Waals surface area contributed by atoms with Crippen molar-refractivity contribution in [1.82, 2.24) is 20.4 Å². The van der Waals surface area contributed by atoms with E-state index >= 15 is 0 Å². The first kappa shape index (κ1) is 24.1. The Labute approximate surface area is 188 Å². The Morgan fingerprint density at radius 2 is 1.79 bits per heavy atom. The van der Waals surface area contributed by atoms with Crippen molar-refractivity contribution >= 4 is 29.9 Å². The van der Waals surface area contributed by atoms with Gasteiger partial charge in [-0.2, -0.15) is 0 Å². The van der Waals surface area contributed by atoms with E-state index in [9.17, 15) is 0 Å². The number of morpholine rings is 1. The van der Waals surface area contributed by atoms with Gasteiger partial charge in [-0.1, -0.05) is 6.92 Å². The van der Waals surface area contributed by atoms with Gasteiger partial charge in [0.1, 0.15) is 0 Å². The summed E-state index contributed by atoms with van der Waals surface area (Å²) in [4.78, 5) is 9.54. The van der Waals surface area contributed by atoms with Crippen LogP contribution in [0.1, 0.15) is 26.2 Å². The second kappa shape index (κ2) is 13.2. The highest BCUT2D eigenvalue weighted by atomic mass is 127. The van der Waals surface area contributed by atoms with Gasteiger partial charge in [-0.25, -0.2) is 0 Å². The highest BCUT2D eigenvalue weighted by Gasteiger charge is 2.24. The van der Waals surface area contributed by atoms with E-state index in [1.165, 1.54) is 38.9 Å². The van der Waals surface area contributed by atoms with Crippen LogP contribution in [-0.4, -0.2) is 101 Å². The molecule has 28 heavy (non-hydrogen) atoms. The number of piperidine rings is 1. The molecule has 0 radical (unpaired) electrons. The molecule has 7 nitrogen and oxygen atoms in total. The van der Waals surface area contributed by atoms with E-state index in [4.69, 9.17) is 9.47 Å². The number of likely N-dealkylation sites (tertiary alicyclic amines) is 1. The third-order valence-corrected chi connectivity index (χ3v) is 5.98. The summed E-state index contributed by atoms with van der Waals surface area (Å²) >= 11 is 0. The Morgan fingerprint density at radius 3 is 2.43 bits per heavy atom. The SMILES string of the molecule is CN=C(NCC(C)CN1CCOCC1)NC1CCN(CC2CCOC2)CC1.I. The van der Waals surface area contributed by atoms with E-state index in [2.05, 4.69) is 32.3 Å². The monoisotopic (exact) mass is 509 g/mol. The van der Waals surface area contributed by atoms with Crippen LogP contribution in [0.2, 0.25) is 0 Å². The fraction of sp³-hybridized carbons (Fsp3) is 0.950. The van der Waals surface area contributed by atoms with Gasteiger partial charge in [-0.15, -0.1) is 24.0 Å². The Hall–Kier alpha value is -0.160. The summed E-state index contributed by atoms with van der Waals surface area (Å²) < 4.78 is 10.9. The predicted molar refractivity (Wildman–Crippen MR) is 125 cm³/mol. The number of nitrogens with zero attached hydrogens (tertiary/aromatic N) is 3. The average Bonchev–Trinajstić information content (AvgIpc) is 3.20. The molecule has 0 bridgehead atoms. The Balaban J connectivity index is 0.00000280. The number of hydrogen-bond acceptors (Lipinski definition) is 5. The molecule has 3 aliphatic rings. The van der Waals surface area contributed by atoms with Crippen molar-refractivity contribution in [3.63, 3.8) is 0 Å². The number of ether oxygens (including phenoxy) is 2. The Bertz CT molecular complexity index is 448. The zero-order valence-corrected chi connectivity index (χ0v) is 20.0. The van der Waals surface area contributed by atoms with E-state index in [0.29, 0.717) is 12.0 Å². The lowest BCUT2D eigenvalue weighted by molar-refractivity contribution is 0.0320. The van der Waals surface area contributed by atoms with Gasteiger partial charge >= 0.3 is 0 Å². The van der Waals surface area contributed by atoms with Crippen LogP contribution in [0.4, 0.5) is 0 Å². The first-order valence-electron chi connectivity index (χ1n) is 10.8. The molecule has 3 saturated heterocycles. The lowest BCUT2D eigenvalue weighted by atomic mass is 10.0. The van der Waals surface area contributed by atoms with Gasteiger partial charge in [0.2, 0.25) is 0 Å². The molecule has 2 atom stereocenters. The standard InChI is InChI=1S/C20H39N5O2.HI/c1-17(14-25-8-11-26-12-9-25)13-22-20(21-2)23-19-3-6-24(7-4-19)15-18-5-10-27-16-18;/h17-19H,3-16H2,1-2H3,(H2,21,22,23);1H. The maximum absolute atomic E-state index is 5.51. The van der Waals surface area contributed by atoms with E-state index in [-0.39, 0.29) is 24.0 Å². The number of halogens is 1. The molecule has 0 aromatic rings. The third-order valence-electron chi connectivity index (χ3n) is 5.98. The van der Waals surface area contributed by atoms with Crippen LogP contribution >= 0.6 is 24.0 Å².